The van der Waals surface area contributed by atoms with Crippen molar-refractivity contribution in [2.45, 2.75) is 13.0 Å². The van der Waals surface area contributed by atoms with Gasteiger partial charge in [-0.3, -0.25) is 9.59 Å². The first kappa shape index (κ1) is 21.4. The summed E-state index contributed by atoms with van der Waals surface area (Å²) in [5, 5.41) is 2.72. The Bertz CT molecular complexity index is 889. The lowest BCUT2D eigenvalue weighted by molar-refractivity contribution is -0.135. The molecule has 1 heterocycles. The maximum atomic E-state index is 13.1. The number of ether oxygens (including phenoxy) is 1. The number of piperazine rings is 1. The smallest absolute Gasteiger partial charge is 0.244 e. The van der Waals surface area contributed by atoms with E-state index >= 15 is 0 Å². The van der Waals surface area contributed by atoms with Crippen LogP contribution in [0.2, 0.25) is 0 Å². The van der Waals surface area contributed by atoms with E-state index in [0.29, 0.717) is 26.2 Å². The minimum absolute atomic E-state index is 0.111. The van der Waals surface area contributed by atoms with Gasteiger partial charge in [0, 0.05) is 37.9 Å². The van der Waals surface area contributed by atoms with E-state index in [1.54, 1.807) is 37.1 Å². The van der Waals surface area contributed by atoms with Gasteiger partial charge in [0.1, 0.15) is 17.6 Å². The monoisotopic (exact) mass is 411 g/mol. The first-order valence-corrected chi connectivity index (χ1v) is 9.88. The van der Waals surface area contributed by atoms with Crippen LogP contribution in [-0.2, 0) is 9.59 Å². The van der Waals surface area contributed by atoms with Crippen molar-refractivity contribution >= 4 is 23.6 Å². The van der Waals surface area contributed by atoms with E-state index in [1.807, 2.05) is 24.3 Å². The average Bonchev–Trinajstić information content (AvgIpc) is 2.78. The van der Waals surface area contributed by atoms with Gasteiger partial charge in [-0.25, -0.2) is 4.39 Å². The van der Waals surface area contributed by atoms with E-state index in [0.717, 1.165) is 17.0 Å². The summed E-state index contributed by atoms with van der Waals surface area (Å²) >= 11 is 0. The number of anilines is 1. The van der Waals surface area contributed by atoms with Crippen molar-refractivity contribution < 1.29 is 18.7 Å². The van der Waals surface area contributed by atoms with Crippen LogP contribution in [0.4, 0.5) is 10.1 Å². The van der Waals surface area contributed by atoms with Crippen LogP contribution >= 0.6 is 0 Å². The SMILES string of the molecule is COc1ccc(/C=C/C(=O)NC(C)C(=O)N2CCN(c3ccc(F)cc3)CC2)cc1. The van der Waals surface area contributed by atoms with E-state index in [2.05, 4.69) is 10.2 Å². The third-order valence-electron chi connectivity index (χ3n) is 5.06. The number of methoxy groups -OCH3 is 1. The standard InChI is InChI=1S/C23H26FN3O3/c1-17(25-22(28)12-5-18-3-10-21(30-2)11-4-18)23(29)27-15-13-26(14-16-27)20-8-6-19(24)7-9-20/h3-12,17H,13-16H2,1-2H3,(H,25,28)/b12-5+. The molecular weight excluding hydrogens is 385 g/mol. The Morgan fingerprint density at radius 3 is 2.27 bits per heavy atom. The molecule has 2 amide bonds. The number of benzene rings is 2. The third-order valence-corrected chi connectivity index (χ3v) is 5.06. The van der Waals surface area contributed by atoms with Crippen molar-refractivity contribution in [2.75, 3.05) is 38.2 Å². The lowest BCUT2D eigenvalue weighted by Crippen LogP contribution is -2.54. The zero-order chi connectivity index (χ0) is 21.5. The minimum Gasteiger partial charge on any atom is -0.497 e. The Morgan fingerprint density at radius 1 is 1.03 bits per heavy atom. The number of nitrogens with one attached hydrogen (secondary N) is 1. The molecule has 1 fully saturated rings. The van der Waals surface area contributed by atoms with E-state index < -0.39 is 6.04 Å². The van der Waals surface area contributed by atoms with E-state index in [9.17, 15) is 14.0 Å². The fourth-order valence-electron chi connectivity index (χ4n) is 3.32. The first-order valence-electron chi connectivity index (χ1n) is 9.88. The molecule has 0 aromatic heterocycles. The Kier molecular flexibility index (Phi) is 7.06. The molecule has 30 heavy (non-hydrogen) atoms. The molecule has 0 radical (unpaired) electrons. The molecule has 1 N–H and O–H groups in total. The molecule has 1 atom stereocenters. The first-order chi connectivity index (χ1) is 14.5. The van der Waals surface area contributed by atoms with Gasteiger partial charge in [-0.2, -0.15) is 0 Å². The normalized spacial score (nSPS) is 15.2. The van der Waals surface area contributed by atoms with Crippen LogP contribution in [0.5, 0.6) is 5.75 Å². The van der Waals surface area contributed by atoms with Crippen molar-refractivity contribution in [2.24, 2.45) is 0 Å². The molecule has 158 valence electrons. The van der Waals surface area contributed by atoms with Gasteiger partial charge in [-0.15, -0.1) is 0 Å². The summed E-state index contributed by atoms with van der Waals surface area (Å²) in [6.07, 6.45) is 3.10. The quantitative estimate of drug-likeness (QED) is 0.743. The fraction of sp³-hybridized carbons (Fsp3) is 0.304. The topological polar surface area (TPSA) is 61.9 Å². The van der Waals surface area contributed by atoms with Gasteiger partial charge >= 0.3 is 0 Å². The summed E-state index contributed by atoms with van der Waals surface area (Å²) in [5.74, 6) is 0.0464. The number of carbonyl (C=O) groups is 2. The van der Waals surface area contributed by atoms with Crippen molar-refractivity contribution in [3.63, 3.8) is 0 Å². The Balaban J connectivity index is 1.47. The van der Waals surface area contributed by atoms with Gasteiger partial charge in [0.2, 0.25) is 11.8 Å². The highest BCUT2D eigenvalue weighted by Crippen LogP contribution is 2.17. The largest absolute Gasteiger partial charge is 0.497 e. The zero-order valence-corrected chi connectivity index (χ0v) is 17.2. The number of hydrogen-bond acceptors (Lipinski definition) is 4. The van der Waals surface area contributed by atoms with Crippen LogP contribution in [-0.4, -0.2) is 56.0 Å². The van der Waals surface area contributed by atoms with Gasteiger partial charge < -0.3 is 19.9 Å². The number of rotatable bonds is 6. The van der Waals surface area contributed by atoms with Gasteiger partial charge in [-0.1, -0.05) is 12.1 Å². The summed E-state index contributed by atoms with van der Waals surface area (Å²) in [7, 11) is 1.60. The highest BCUT2D eigenvalue weighted by molar-refractivity contribution is 5.95. The van der Waals surface area contributed by atoms with Crippen LogP contribution in [0.15, 0.2) is 54.6 Å². The molecule has 0 bridgehead atoms. The molecule has 1 aliphatic heterocycles. The van der Waals surface area contributed by atoms with E-state index in [4.69, 9.17) is 4.74 Å². The second-order valence-electron chi connectivity index (χ2n) is 7.13. The van der Waals surface area contributed by atoms with Crippen molar-refractivity contribution in [1.29, 1.82) is 0 Å². The van der Waals surface area contributed by atoms with Gasteiger partial charge in [-0.05, 0) is 55.0 Å². The molecule has 1 saturated heterocycles. The molecule has 0 saturated carbocycles. The number of amides is 2. The maximum Gasteiger partial charge on any atom is 0.244 e. The van der Waals surface area contributed by atoms with Crippen LogP contribution in [0, 0.1) is 5.82 Å². The van der Waals surface area contributed by atoms with Crippen LogP contribution in [0.1, 0.15) is 12.5 Å². The number of halogens is 1. The van der Waals surface area contributed by atoms with Crippen LogP contribution in [0.25, 0.3) is 6.08 Å². The molecule has 1 unspecified atom stereocenters. The minimum atomic E-state index is -0.615. The van der Waals surface area contributed by atoms with Crippen molar-refractivity contribution in [3.8, 4) is 5.75 Å². The van der Waals surface area contributed by atoms with Crippen LogP contribution < -0.4 is 15.0 Å². The Labute approximate surface area is 175 Å². The van der Waals surface area contributed by atoms with E-state index in [1.165, 1.54) is 18.2 Å². The van der Waals surface area contributed by atoms with Crippen molar-refractivity contribution in [3.05, 3.63) is 66.0 Å². The summed E-state index contributed by atoms with van der Waals surface area (Å²) in [6, 6.07) is 13.1. The Morgan fingerprint density at radius 2 is 1.67 bits per heavy atom. The molecule has 2 aromatic carbocycles. The highest BCUT2D eigenvalue weighted by Gasteiger charge is 2.25. The summed E-state index contributed by atoms with van der Waals surface area (Å²) in [4.78, 5) is 28.7. The van der Waals surface area contributed by atoms with Gasteiger partial charge in [0.25, 0.3) is 0 Å². The molecule has 0 aliphatic carbocycles. The molecule has 2 aromatic rings. The predicted octanol–water partition coefficient (Wildman–Crippen LogP) is 2.70. The maximum absolute atomic E-state index is 13.1. The van der Waals surface area contributed by atoms with Crippen LogP contribution in [0.3, 0.4) is 0 Å². The molecule has 7 heteroatoms. The molecule has 0 spiro atoms. The lowest BCUT2D eigenvalue weighted by atomic mass is 10.2. The third kappa shape index (κ3) is 5.59. The van der Waals surface area contributed by atoms with Gasteiger partial charge in [0.15, 0.2) is 0 Å². The van der Waals surface area contributed by atoms with E-state index in [-0.39, 0.29) is 17.6 Å². The number of nitrogens with zero attached hydrogens (tertiary/aromatic N) is 2. The summed E-state index contributed by atoms with van der Waals surface area (Å²) in [6.45, 7) is 4.12. The fourth-order valence-corrected chi connectivity index (χ4v) is 3.32. The predicted molar refractivity (Wildman–Crippen MR) is 115 cm³/mol. The summed E-state index contributed by atoms with van der Waals surface area (Å²) in [5.41, 5.74) is 1.80. The highest BCUT2D eigenvalue weighted by atomic mass is 19.1. The number of hydrogen-bond donors (Lipinski definition) is 1. The second-order valence-corrected chi connectivity index (χ2v) is 7.13. The molecule has 6 nitrogen and oxygen atoms in total. The molecule has 1 aliphatic rings. The number of carbonyl (C=O) groups excluding carboxylic acids is 2. The lowest BCUT2D eigenvalue weighted by Gasteiger charge is -2.37. The molecule has 3 rings (SSSR count). The summed E-state index contributed by atoms with van der Waals surface area (Å²) < 4.78 is 18.2. The average molecular weight is 411 g/mol. The van der Waals surface area contributed by atoms with Crippen molar-refractivity contribution in [1.82, 2.24) is 10.2 Å². The zero-order valence-electron chi connectivity index (χ0n) is 17.2. The van der Waals surface area contributed by atoms with Gasteiger partial charge in [0.05, 0.1) is 7.11 Å². The molecular formula is C23H26FN3O3. The Hall–Kier alpha value is -3.35. The second kappa shape index (κ2) is 9.91.